The third-order valence-corrected chi connectivity index (χ3v) is 3.72. The van der Waals surface area contributed by atoms with Crippen LogP contribution in [0.2, 0.25) is 0 Å². The maximum atomic E-state index is 11.0. The van der Waals surface area contributed by atoms with Crippen molar-refractivity contribution in [3.05, 3.63) is 23.8 Å². The van der Waals surface area contributed by atoms with Gasteiger partial charge in [-0.3, -0.25) is 9.69 Å². The molecule has 1 unspecified atom stereocenters. The molecule has 5 heteroatoms. The zero-order valence-corrected chi connectivity index (χ0v) is 12.1. The summed E-state index contributed by atoms with van der Waals surface area (Å²) in [6.45, 7) is 2.10. The highest BCUT2D eigenvalue weighted by Crippen LogP contribution is 2.36. The molecule has 20 heavy (non-hydrogen) atoms. The highest BCUT2D eigenvalue weighted by molar-refractivity contribution is 5.69. The van der Waals surface area contributed by atoms with Crippen molar-refractivity contribution >= 4 is 5.97 Å². The van der Waals surface area contributed by atoms with Crippen LogP contribution in [0, 0.1) is 0 Å². The molecule has 0 aromatic heterocycles. The van der Waals surface area contributed by atoms with E-state index in [1.807, 2.05) is 30.0 Å². The number of benzene rings is 1. The molecule has 1 aromatic rings. The maximum absolute atomic E-state index is 11.0. The Kier molecular flexibility index (Phi) is 4.49. The second-order valence-corrected chi connectivity index (χ2v) is 5.09. The van der Waals surface area contributed by atoms with E-state index in [0.717, 1.165) is 18.4 Å². The summed E-state index contributed by atoms with van der Waals surface area (Å²) in [5, 5.41) is 9.05. The van der Waals surface area contributed by atoms with Gasteiger partial charge in [0.05, 0.1) is 20.8 Å². The van der Waals surface area contributed by atoms with E-state index >= 15 is 0 Å². The lowest BCUT2D eigenvalue weighted by Crippen LogP contribution is -2.34. The van der Waals surface area contributed by atoms with E-state index in [9.17, 15) is 4.79 Å². The van der Waals surface area contributed by atoms with Crippen LogP contribution in [0.3, 0.4) is 0 Å². The maximum Gasteiger partial charge on any atom is 0.317 e. The van der Waals surface area contributed by atoms with Crippen LogP contribution in [0.25, 0.3) is 0 Å². The minimum atomic E-state index is -0.788. The van der Waals surface area contributed by atoms with Crippen LogP contribution >= 0.6 is 0 Å². The van der Waals surface area contributed by atoms with E-state index in [1.165, 1.54) is 0 Å². The fourth-order valence-electron chi connectivity index (χ4n) is 2.45. The van der Waals surface area contributed by atoms with Crippen molar-refractivity contribution in [3.63, 3.8) is 0 Å². The number of aliphatic carboxylic acids is 1. The molecule has 1 fully saturated rings. The molecule has 1 aliphatic rings. The van der Waals surface area contributed by atoms with E-state index in [0.29, 0.717) is 17.5 Å². The molecular formula is C15H21NO4. The molecule has 1 atom stereocenters. The second kappa shape index (κ2) is 6.13. The van der Waals surface area contributed by atoms with Crippen LogP contribution in [0.15, 0.2) is 18.2 Å². The first-order valence-corrected chi connectivity index (χ1v) is 6.76. The highest BCUT2D eigenvalue weighted by atomic mass is 16.5. The van der Waals surface area contributed by atoms with Gasteiger partial charge < -0.3 is 14.6 Å². The number of carbonyl (C=O) groups is 1. The minimum absolute atomic E-state index is 0.0402. The Morgan fingerprint density at radius 1 is 1.35 bits per heavy atom. The van der Waals surface area contributed by atoms with Crippen LogP contribution in [0.5, 0.6) is 11.5 Å². The molecular weight excluding hydrogens is 258 g/mol. The molecule has 0 bridgehead atoms. The number of hydrogen-bond donors (Lipinski definition) is 1. The average Bonchev–Trinajstić information content (AvgIpc) is 3.27. The normalized spacial score (nSPS) is 16.0. The number of carboxylic acid groups (broad SMARTS) is 1. The van der Waals surface area contributed by atoms with Gasteiger partial charge in [0.2, 0.25) is 0 Å². The highest BCUT2D eigenvalue weighted by Gasteiger charge is 2.34. The van der Waals surface area contributed by atoms with Crippen LogP contribution in [0.1, 0.15) is 31.4 Å². The molecule has 110 valence electrons. The van der Waals surface area contributed by atoms with E-state index in [2.05, 4.69) is 0 Å². The number of ether oxygens (including phenoxy) is 2. The lowest BCUT2D eigenvalue weighted by molar-refractivity contribution is -0.139. The Morgan fingerprint density at radius 2 is 2.00 bits per heavy atom. The standard InChI is InChI=1S/C15H21NO4/c1-10(16(9-15(17)18)12-5-6-12)11-4-7-13(19-2)14(8-11)20-3/h4,7-8,10,12H,5-6,9H2,1-3H3,(H,17,18). The minimum Gasteiger partial charge on any atom is -0.493 e. The van der Waals surface area contributed by atoms with E-state index in [-0.39, 0.29) is 12.6 Å². The van der Waals surface area contributed by atoms with Gasteiger partial charge in [0.25, 0.3) is 0 Å². The molecule has 0 heterocycles. The Labute approximate surface area is 119 Å². The van der Waals surface area contributed by atoms with Gasteiger partial charge in [-0.1, -0.05) is 6.07 Å². The number of methoxy groups -OCH3 is 2. The molecule has 1 N–H and O–H groups in total. The molecule has 1 aromatic carbocycles. The largest absolute Gasteiger partial charge is 0.493 e. The van der Waals surface area contributed by atoms with Crippen molar-refractivity contribution in [2.45, 2.75) is 31.8 Å². The molecule has 0 aliphatic heterocycles. The SMILES string of the molecule is COc1ccc(C(C)N(CC(=O)O)C2CC2)cc1OC. The molecule has 1 aliphatic carbocycles. The number of hydrogen-bond acceptors (Lipinski definition) is 4. The quantitative estimate of drug-likeness (QED) is 0.830. The van der Waals surface area contributed by atoms with Crippen molar-refractivity contribution in [2.75, 3.05) is 20.8 Å². The Morgan fingerprint density at radius 3 is 2.50 bits per heavy atom. The monoisotopic (exact) mass is 279 g/mol. The third kappa shape index (κ3) is 3.22. The number of nitrogens with zero attached hydrogens (tertiary/aromatic N) is 1. The van der Waals surface area contributed by atoms with E-state index < -0.39 is 5.97 Å². The predicted octanol–water partition coefficient (Wildman–Crippen LogP) is 2.31. The summed E-state index contributed by atoms with van der Waals surface area (Å²) in [7, 11) is 3.20. The van der Waals surface area contributed by atoms with Gasteiger partial charge in [-0.15, -0.1) is 0 Å². The molecule has 1 saturated carbocycles. The first kappa shape index (κ1) is 14.7. The average molecular weight is 279 g/mol. The topological polar surface area (TPSA) is 59.0 Å². The van der Waals surface area contributed by atoms with Crippen molar-refractivity contribution < 1.29 is 19.4 Å². The van der Waals surface area contributed by atoms with Crippen LogP contribution in [0.4, 0.5) is 0 Å². The fourth-order valence-corrected chi connectivity index (χ4v) is 2.45. The zero-order chi connectivity index (χ0) is 14.7. The molecule has 0 spiro atoms. The first-order valence-electron chi connectivity index (χ1n) is 6.76. The molecule has 0 radical (unpaired) electrons. The third-order valence-electron chi connectivity index (χ3n) is 3.72. The Bertz CT molecular complexity index is 485. The van der Waals surface area contributed by atoms with Crippen molar-refractivity contribution in [1.29, 1.82) is 0 Å². The van der Waals surface area contributed by atoms with Crippen LogP contribution in [-0.4, -0.2) is 42.8 Å². The summed E-state index contributed by atoms with van der Waals surface area (Å²) < 4.78 is 10.5. The second-order valence-electron chi connectivity index (χ2n) is 5.09. The van der Waals surface area contributed by atoms with Gasteiger partial charge in [-0.2, -0.15) is 0 Å². The van der Waals surface area contributed by atoms with Gasteiger partial charge in [-0.25, -0.2) is 0 Å². The molecule has 0 amide bonds. The van der Waals surface area contributed by atoms with Gasteiger partial charge in [0.15, 0.2) is 11.5 Å². The Balaban J connectivity index is 2.22. The van der Waals surface area contributed by atoms with Gasteiger partial charge in [0.1, 0.15) is 0 Å². The van der Waals surface area contributed by atoms with Crippen molar-refractivity contribution in [3.8, 4) is 11.5 Å². The lowest BCUT2D eigenvalue weighted by Gasteiger charge is -2.28. The summed E-state index contributed by atoms with van der Waals surface area (Å²) in [4.78, 5) is 13.0. The molecule has 5 nitrogen and oxygen atoms in total. The summed E-state index contributed by atoms with van der Waals surface area (Å²) in [6.07, 6.45) is 2.15. The summed E-state index contributed by atoms with van der Waals surface area (Å²) in [5.74, 6) is 0.562. The van der Waals surface area contributed by atoms with E-state index in [4.69, 9.17) is 14.6 Å². The summed E-state index contributed by atoms with van der Waals surface area (Å²) in [6, 6.07) is 6.16. The van der Waals surface area contributed by atoms with Gasteiger partial charge >= 0.3 is 5.97 Å². The predicted molar refractivity (Wildman–Crippen MR) is 75.3 cm³/mol. The van der Waals surface area contributed by atoms with Gasteiger partial charge in [-0.05, 0) is 37.5 Å². The van der Waals surface area contributed by atoms with Crippen molar-refractivity contribution in [2.24, 2.45) is 0 Å². The number of rotatable bonds is 7. The molecule has 0 saturated heterocycles. The van der Waals surface area contributed by atoms with Gasteiger partial charge in [0, 0.05) is 12.1 Å². The Hall–Kier alpha value is -1.75. The zero-order valence-electron chi connectivity index (χ0n) is 12.1. The summed E-state index contributed by atoms with van der Waals surface area (Å²) in [5.41, 5.74) is 1.04. The lowest BCUT2D eigenvalue weighted by atomic mass is 10.1. The number of carboxylic acids is 1. The van der Waals surface area contributed by atoms with Crippen LogP contribution in [-0.2, 0) is 4.79 Å². The van der Waals surface area contributed by atoms with Crippen molar-refractivity contribution in [1.82, 2.24) is 4.90 Å². The van der Waals surface area contributed by atoms with E-state index in [1.54, 1.807) is 14.2 Å². The first-order chi connectivity index (χ1) is 9.56. The smallest absolute Gasteiger partial charge is 0.317 e. The summed E-state index contributed by atoms with van der Waals surface area (Å²) >= 11 is 0. The fraction of sp³-hybridized carbons (Fsp3) is 0.533. The molecule has 2 rings (SSSR count). The van der Waals surface area contributed by atoms with Crippen LogP contribution < -0.4 is 9.47 Å².